The molecule has 1 aliphatic rings. The highest BCUT2D eigenvalue weighted by Gasteiger charge is 2.14. The normalized spacial score (nSPS) is 18.6. The highest BCUT2D eigenvalue weighted by Crippen LogP contribution is 2.15. The Morgan fingerprint density at radius 3 is 3.07 bits per heavy atom. The lowest BCUT2D eigenvalue weighted by molar-refractivity contribution is 0.0542. The van der Waals surface area contributed by atoms with E-state index in [9.17, 15) is 5.11 Å². The monoisotopic (exact) mass is 200 g/mol. The third-order valence-electron chi connectivity index (χ3n) is 2.18. The van der Waals surface area contributed by atoms with Crippen LogP contribution in [-0.2, 0) is 9.47 Å². The van der Waals surface area contributed by atoms with Crippen molar-refractivity contribution in [3.63, 3.8) is 0 Å². The van der Waals surface area contributed by atoms with Gasteiger partial charge in [-0.1, -0.05) is 6.92 Å². The van der Waals surface area contributed by atoms with Crippen LogP contribution in [0, 0.1) is 0 Å². The van der Waals surface area contributed by atoms with Gasteiger partial charge in [0.15, 0.2) is 0 Å². The van der Waals surface area contributed by atoms with E-state index in [2.05, 4.69) is 6.92 Å². The predicted molar refractivity (Wildman–Crippen MR) is 55.0 cm³/mol. The van der Waals surface area contributed by atoms with Gasteiger partial charge in [-0.2, -0.15) is 0 Å². The Hall–Kier alpha value is -0.540. The van der Waals surface area contributed by atoms with Crippen LogP contribution in [0.1, 0.15) is 32.6 Å². The number of ether oxygens (including phenoxy) is 2. The number of hydrogen-bond acceptors (Lipinski definition) is 3. The molecule has 1 aliphatic heterocycles. The van der Waals surface area contributed by atoms with Crippen LogP contribution in [0.25, 0.3) is 0 Å². The molecule has 0 radical (unpaired) electrons. The molecule has 1 rings (SSSR count). The molecular weight excluding hydrogens is 180 g/mol. The van der Waals surface area contributed by atoms with Crippen LogP contribution in [0.3, 0.4) is 0 Å². The van der Waals surface area contributed by atoms with Gasteiger partial charge < -0.3 is 14.6 Å². The molecule has 3 heteroatoms. The average molecular weight is 200 g/mol. The van der Waals surface area contributed by atoms with Gasteiger partial charge in [0.2, 0.25) is 0 Å². The number of aliphatic hydroxyl groups is 1. The van der Waals surface area contributed by atoms with E-state index < -0.39 is 6.10 Å². The Morgan fingerprint density at radius 2 is 2.43 bits per heavy atom. The molecule has 0 aromatic heterocycles. The van der Waals surface area contributed by atoms with E-state index >= 15 is 0 Å². The lowest BCUT2D eigenvalue weighted by Crippen LogP contribution is -2.18. The summed E-state index contributed by atoms with van der Waals surface area (Å²) in [6.45, 7) is 4.18. The topological polar surface area (TPSA) is 38.7 Å². The average Bonchev–Trinajstić information content (AvgIpc) is 2.25. The van der Waals surface area contributed by atoms with E-state index in [1.54, 1.807) is 0 Å². The molecule has 0 saturated carbocycles. The van der Waals surface area contributed by atoms with Gasteiger partial charge in [0, 0.05) is 19.6 Å². The molecule has 82 valence electrons. The zero-order chi connectivity index (χ0) is 10.2. The third kappa shape index (κ3) is 4.11. The molecule has 0 bridgehead atoms. The van der Waals surface area contributed by atoms with Gasteiger partial charge in [-0.3, -0.25) is 0 Å². The molecule has 1 atom stereocenters. The van der Waals surface area contributed by atoms with E-state index in [1.807, 2.05) is 6.08 Å². The minimum absolute atomic E-state index is 0.479. The number of hydrogen-bond donors (Lipinski definition) is 1. The Bertz CT molecular complexity index is 177. The Balaban J connectivity index is 2.13. The molecule has 0 aromatic carbocycles. The van der Waals surface area contributed by atoms with Crippen molar-refractivity contribution in [3.05, 3.63) is 11.8 Å². The summed E-state index contributed by atoms with van der Waals surface area (Å²) in [5, 5.41) is 9.70. The van der Waals surface area contributed by atoms with Crippen molar-refractivity contribution in [2.45, 2.75) is 38.7 Å². The first kappa shape index (κ1) is 11.5. The molecular formula is C11H20O3. The van der Waals surface area contributed by atoms with Crippen molar-refractivity contribution < 1.29 is 14.6 Å². The summed E-state index contributed by atoms with van der Waals surface area (Å²) in [6.07, 6.45) is 5.23. The largest absolute Gasteiger partial charge is 0.496 e. The fourth-order valence-corrected chi connectivity index (χ4v) is 1.39. The number of rotatable bonds is 6. The zero-order valence-electron chi connectivity index (χ0n) is 8.87. The van der Waals surface area contributed by atoms with Gasteiger partial charge in [-0.05, 0) is 25.3 Å². The quantitative estimate of drug-likeness (QED) is 0.665. The smallest absolute Gasteiger partial charge is 0.121 e. The Morgan fingerprint density at radius 1 is 1.57 bits per heavy atom. The molecule has 0 amide bonds. The minimum atomic E-state index is -0.479. The molecule has 0 aliphatic carbocycles. The highest BCUT2D eigenvalue weighted by molar-refractivity contribution is 5.01. The van der Waals surface area contributed by atoms with Crippen molar-refractivity contribution in [1.82, 2.24) is 0 Å². The third-order valence-corrected chi connectivity index (χ3v) is 2.18. The van der Waals surface area contributed by atoms with Crippen LogP contribution in [-0.4, -0.2) is 31.0 Å². The molecule has 3 nitrogen and oxygen atoms in total. The van der Waals surface area contributed by atoms with E-state index in [1.165, 1.54) is 0 Å². The Labute approximate surface area is 85.7 Å². The van der Waals surface area contributed by atoms with Crippen LogP contribution in [0.2, 0.25) is 0 Å². The minimum Gasteiger partial charge on any atom is -0.496 e. The fraction of sp³-hybridized carbons (Fsp3) is 0.818. The van der Waals surface area contributed by atoms with Gasteiger partial charge in [-0.15, -0.1) is 0 Å². The first-order valence-electron chi connectivity index (χ1n) is 5.43. The van der Waals surface area contributed by atoms with Gasteiger partial charge in [0.1, 0.15) is 11.9 Å². The second-order valence-electron chi connectivity index (χ2n) is 3.51. The number of allylic oxidation sites excluding steroid dienone is 1. The lowest BCUT2D eigenvalue weighted by Gasteiger charge is -2.19. The second-order valence-corrected chi connectivity index (χ2v) is 3.51. The first-order valence-corrected chi connectivity index (χ1v) is 5.43. The van der Waals surface area contributed by atoms with Gasteiger partial charge in [0.25, 0.3) is 0 Å². The first-order chi connectivity index (χ1) is 6.84. The summed E-state index contributed by atoms with van der Waals surface area (Å²) in [5.41, 5.74) is 0. The predicted octanol–water partition coefficient (Wildman–Crippen LogP) is 1.86. The molecule has 1 unspecified atom stereocenters. The van der Waals surface area contributed by atoms with Crippen LogP contribution in [0.4, 0.5) is 0 Å². The summed E-state index contributed by atoms with van der Waals surface area (Å²) in [6, 6.07) is 0. The van der Waals surface area contributed by atoms with Crippen LogP contribution >= 0.6 is 0 Å². The molecule has 14 heavy (non-hydrogen) atoms. The second kappa shape index (κ2) is 6.85. The molecule has 0 saturated heterocycles. The molecule has 1 heterocycles. The Kier molecular flexibility index (Phi) is 5.64. The zero-order valence-corrected chi connectivity index (χ0v) is 8.87. The molecule has 0 spiro atoms. The van der Waals surface area contributed by atoms with Crippen molar-refractivity contribution in [2.24, 2.45) is 0 Å². The van der Waals surface area contributed by atoms with Crippen molar-refractivity contribution >= 4 is 0 Å². The summed E-state index contributed by atoms with van der Waals surface area (Å²) in [7, 11) is 0. The highest BCUT2D eigenvalue weighted by atomic mass is 16.5. The molecule has 1 N–H and O–H groups in total. The van der Waals surface area contributed by atoms with Crippen molar-refractivity contribution in [2.75, 3.05) is 19.8 Å². The van der Waals surface area contributed by atoms with Crippen LogP contribution in [0.15, 0.2) is 11.8 Å². The van der Waals surface area contributed by atoms with E-state index in [4.69, 9.17) is 9.47 Å². The molecule has 0 aromatic rings. The van der Waals surface area contributed by atoms with Gasteiger partial charge in [-0.25, -0.2) is 0 Å². The number of aliphatic hydroxyl groups excluding tert-OH is 1. The summed E-state index contributed by atoms with van der Waals surface area (Å²) >= 11 is 0. The SMILES string of the molecule is CCCOCCC(O)C1=CCCCO1. The standard InChI is InChI=1S/C11H20O3/c1-2-7-13-9-6-10(12)11-5-3-4-8-14-11/h5,10,12H,2-4,6-9H2,1H3. The maximum atomic E-state index is 9.70. The van der Waals surface area contributed by atoms with E-state index in [0.717, 1.165) is 38.2 Å². The lowest BCUT2D eigenvalue weighted by atomic mass is 10.1. The molecule has 0 fully saturated rings. The van der Waals surface area contributed by atoms with Crippen molar-refractivity contribution in [1.29, 1.82) is 0 Å². The van der Waals surface area contributed by atoms with E-state index in [0.29, 0.717) is 13.0 Å². The van der Waals surface area contributed by atoms with Gasteiger partial charge >= 0.3 is 0 Å². The van der Waals surface area contributed by atoms with Crippen LogP contribution < -0.4 is 0 Å². The maximum absolute atomic E-state index is 9.70. The summed E-state index contributed by atoms with van der Waals surface area (Å²) in [4.78, 5) is 0. The summed E-state index contributed by atoms with van der Waals surface area (Å²) in [5.74, 6) is 0.733. The fourth-order valence-electron chi connectivity index (χ4n) is 1.39. The van der Waals surface area contributed by atoms with Crippen LogP contribution in [0.5, 0.6) is 0 Å². The summed E-state index contributed by atoms with van der Waals surface area (Å²) < 4.78 is 10.7. The van der Waals surface area contributed by atoms with Crippen molar-refractivity contribution in [3.8, 4) is 0 Å². The maximum Gasteiger partial charge on any atom is 0.121 e. The van der Waals surface area contributed by atoms with E-state index in [-0.39, 0.29) is 0 Å². The van der Waals surface area contributed by atoms with Gasteiger partial charge in [0.05, 0.1) is 6.61 Å².